The molecule has 1 atom stereocenters. The highest BCUT2D eigenvalue weighted by Crippen LogP contribution is 2.17. The highest BCUT2D eigenvalue weighted by atomic mass is 16.6. The fraction of sp³-hybridized carbons (Fsp3) is 0.943. The van der Waals surface area contributed by atoms with Crippen molar-refractivity contribution in [2.24, 2.45) is 5.92 Å². The molecule has 0 aromatic rings. The largest absolute Gasteiger partial charge is 0.462 e. The van der Waals surface area contributed by atoms with Crippen LogP contribution >= 0.6 is 0 Å². The summed E-state index contributed by atoms with van der Waals surface area (Å²) >= 11 is 0. The van der Waals surface area contributed by atoms with Crippen molar-refractivity contribution in [3.05, 3.63) is 0 Å². The Morgan fingerprint density at radius 3 is 0.831 bits per heavy atom. The number of hydrogen-bond donors (Lipinski definition) is 0. The van der Waals surface area contributed by atoms with Gasteiger partial charge in [0.2, 0.25) is 0 Å². The third-order valence-electron chi connectivity index (χ3n) is 12.0. The van der Waals surface area contributed by atoms with Crippen molar-refractivity contribution in [2.75, 3.05) is 13.2 Å². The van der Waals surface area contributed by atoms with Crippen molar-refractivity contribution >= 4 is 17.9 Å². The molecule has 0 aliphatic carbocycles. The van der Waals surface area contributed by atoms with Crippen LogP contribution in [0.15, 0.2) is 0 Å². The van der Waals surface area contributed by atoms with Gasteiger partial charge in [-0.15, -0.1) is 0 Å². The molecule has 350 valence electrons. The van der Waals surface area contributed by atoms with Crippen molar-refractivity contribution in [2.45, 2.75) is 303 Å². The van der Waals surface area contributed by atoms with Crippen LogP contribution in [0.1, 0.15) is 297 Å². The second-order valence-electron chi connectivity index (χ2n) is 18.6. The number of rotatable bonds is 48. The Morgan fingerprint density at radius 1 is 0.322 bits per heavy atom. The molecule has 0 rings (SSSR count). The number of unbranched alkanes of at least 4 members (excludes halogenated alkanes) is 35. The van der Waals surface area contributed by atoms with Crippen molar-refractivity contribution in [3.63, 3.8) is 0 Å². The van der Waals surface area contributed by atoms with Gasteiger partial charge in [0.05, 0.1) is 0 Å². The topological polar surface area (TPSA) is 78.9 Å². The summed E-state index contributed by atoms with van der Waals surface area (Å²) in [6.07, 6.45) is 49.6. The summed E-state index contributed by atoms with van der Waals surface area (Å²) in [5, 5.41) is 0. The van der Waals surface area contributed by atoms with Gasteiger partial charge in [0, 0.05) is 19.3 Å². The molecule has 0 aliphatic rings. The van der Waals surface area contributed by atoms with Crippen LogP contribution in [0.3, 0.4) is 0 Å². The van der Waals surface area contributed by atoms with Gasteiger partial charge >= 0.3 is 17.9 Å². The molecule has 59 heavy (non-hydrogen) atoms. The molecule has 0 aliphatic heterocycles. The lowest BCUT2D eigenvalue weighted by Gasteiger charge is -2.18. The van der Waals surface area contributed by atoms with E-state index in [1.54, 1.807) is 0 Å². The first-order chi connectivity index (χ1) is 28.9. The van der Waals surface area contributed by atoms with Crippen LogP contribution in [0.4, 0.5) is 0 Å². The Bertz CT molecular complexity index is 887. The Morgan fingerprint density at radius 2 is 0.559 bits per heavy atom. The van der Waals surface area contributed by atoms with Crippen LogP contribution in [0.25, 0.3) is 0 Å². The zero-order valence-electron chi connectivity index (χ0n) is 40.2. The Hall–Kier alpha value is -1.59. The standard InChI is InChI=1S/C53H102O6/c1-5-7-9-11-13-14-15-22-26-29-33-37-41-45-52(55)58-48-50(47-57-51(54)44-40-36-31-12-10-8-6-2)59-53(56)46-42-38-34-30-27-24-21-19-17-16-18-20-23-25-28-32-35-39-43-49(3)4/h49-50H,5-48H2,1-4H3/t50-/m0/s1. The van der Waals surface area contributed by atoms with Gasteiger partial charge in [-0.1, -0.05) is 259 Å². The molecule has 0 spiro atoms. The first-order valence-corrected chi connectivity index (χ1v) is 26.4. The summed E-state index contributed by atoms with van der Waals surface area (Å²) in [7, 11) is 0. The lowest BCUT2D eigenvalue weighted by molar-refractivity contribution is -0.167. The average Bonchev–Trinajstić information content (AvgIpc) is 3.22. The normalized spacial score (nSPS) is 11.9. The van der Waals surface area contributed by atoms with Crippen molar-refractivity contribution < 1.29 is 28.6 Å². The molecule has 0 aromatic carbocycles. The zero-order chi connectivity index (χ0) is 43.1. The van der Waals surface area contributed by atoms with Gasteiger partial charge in [-0.2, -0.15) is 0 Å². The lowest BCUT2D eigenvalue weighted by Crippen LogP contribution is -2.30. The molecule has 0 fully saturated rings. The summed E-state index contributed by atoms with van der Waals surface area (Å²) in [6.45, 7) is 9.01. The lowest BCUT2D eigenvalue weighted by atomic mass is 10.0. The Labute approximate surface area is 368 Å². The maximum absolute atomic E-state index is 12.8. The third-order valence-corrected chi connectivity index (χ3v) is 12.0. The first-order valence-electron chi connectivity index (χ1n) is 26.4. The highest BCUT2D eigenvalue weighted by molar-refractivity contribution is 5.71. The second kappa shape index (κ2) is 47.5. The minimum absolute atomic E-state index is 0.0630. The molecule has 0 amide bonds. The highest BCUT2D eigenvalue weighted by Gasteiger charge is 2.19. The van der Waals surface area contributed by atoms with E-state index in [2.05, 4.69) is 27.7 Å². The quantitative estimate of drug-likeness (QED) is 0.0345. The first kappa shape index (κ1) is 57.4. The summed E-state index contributed by atoms with van der Waals surface area (Å²) in [5.41, 5.74) is 0. The van der Waals surface area contributed by atoms with E-state index in [4.69, 9.17) is 14.2 Å². The van der Waals surface area contributed by atoms with Gasteiger partial charge in [-0.05, 0) is 25.2 Å². The summed E-state index contributed by atoms with van der Waals surface area (Å²) < 4.78 is 16.7. The van der Waals surface area contributed by atoms with Gasteiger partial charge in [0.15, 0.2) is 6.10 Å². The Kier molecular flexibility index (Phi) is 46.2. The van der Waals surface area contributed by atoms with E-state index in [1.807, 2.05) is 0 Å². The molecule has 0 bridgehead atoms. The van der Waals surface area contributed by atoms with Crippen LogP contribution < -0.4 is 0 Å². The van der Waals surface area contributed by atoms with Crippen molar-refractivity contribution in [1.29, 1.82) is 0 Å². The number of carbonyl (C=O) groups is 3. The predicted octanol–water partition coefficient (Wildman–Crippen LogP) is 17.1. The molecule has 0 unspecified atom stereocenters. The molecule has 6 heteroatoms. The van der Waals surface area contributed by atoms with Gasteiger partial charge < -0.3 is 14.2 Å². The maximum Gasteiger partial charge on any atom is 0.306 e. The number of carbonyl (C=O) groups excluding carboxylic acids is 3. The fourth-order valence-electron chi connectivity index (χ4n) is 8.04. The van der Waals surface area contributed by atoms with Crippen LogP contribution in [0.2, 0.25) is 0 Å². The molecule has 0 aromatic heterocycles. The van der Waals surface area contributed by atoms with E-state index in [-0.39, 0.29) is 31.1 Å². The molecule has 6 nitrogen and oxygen atoms in total. The summed E-state index contributed by atoms with van der Waals surface area (Å²) in [5.74, 6) is 0.00810. The molecule has 0 saturated heterocycles. The van der Waals surface area contributed by atoms with E-state index in [9.17, 15) is 14.4 Å². The monoisotopic (exact) mass is 835 g/mol. The molecule has 0 heterocycles. The predicted molar refractivity (Wildman–Crippen MR) is 252 cm³/mol. The van der Waals surface area contributed by atoms with Crippen LogP contribution in [0, 0.1) is 5.92 Å². The van der Waals surface area contributed by atoms with Gasteiger partial charge in [-0.3, -0.25) is 14.4 Å². The third kappa shape index (κ3) is 47.3. The smallest absolute Gasteiger partial charge is 0.306 e. The van der Waals surface area contributed by atoms with E-state index in [0.717, 1.165) is 63.7 Å². The van der Waals surface area contributed by atoms with Crippen LogP contribution in [-0.4, -0.2) is 37.2 Å². The second-order valence-corrected chi connectivity index (χ2v) is 18.6. The molecular weight excluding hydrogens is 733 g/mol. The average molecular weight is 835 g/mol. The summed E-state index contributed by atoms with van der Waals surface area (Å²) in [6, 6.07) is 0. The van der Waals surface area contributed by atoms with Gasteiger partial charge in [0.25, 0.3) is 0 Å². The molecule has 0 radical (unpaired) electrons. The van der Waals surface area contributed by atoms with Crippen molar-refractivity contribution in [1.82, 2.24) is 0 Å². The molecule has 0 N–H and O–H groups in total. The van der Waals surface area contributed by atoms with Crippen LogP contribution in [0.5, 0.6) is 0 Å². The van der Waals surface area contributed by atoms with Gasteiger partial charge in [0.1, 0.15) is 13.2 Å². The number of ether oxygens (including phenoxy) is 3. The zero-order valence-corrected chi connectivity index (χ0v) is 40.2. The number of hydrogen-bond acceptors (Lipinski definition) is 6. The Balaban J connectivity index is 4.14. The minimum atomic E-state index is -0.759. The van der Waals surface area contributed by atoms with Gasteiger partial charge in [-0.25, -0.2) is 0 Å². The fourth-order valence-corrected chi connectivity index (χ4v) is 8.04. The molecular formula is C53H102O6. The maximum atomic E-state index is 12.8. The molecule has 0 saturated carbocycles. The summed E-state index contributed by atoms with van der Waals surface area (Å²) in [4.78, 5) is 37.8. The van der Waals surface area contributed by atoms with E-state index >= 15 is 0 Å². The number of esters is 3. The van der Waals surface area contributed by atoms with E-state index in [1.165, 1.54) is 193 Å². The van der Waals surface area contributed by atoms with E-state index in [0.29, 0.717) is 19.3 Å². The van der Waals surface area contributed by atoms with Crippen molar-refractivity contribution in [3.8, 4) is 0 Å². The SMILES string of the molecule is CCCCCCCCCCCCCCCC(=O)OC[C@H](COC(=O)CCCCCCCCC)OC(=O)CCCCCCCCCCCCCCCCCCCCC(C)C. The van der Waals surface area contributed by atoms with Crippen LogP contribution in [-0.2, 0) is 28.6 Å². The minimum Gasteiger partial charge on any atom is -0.462 e. The van der Waals surface area contributed by atoms with E-state index < -0.39 is 6.10 Å².